The average Bonchev–Trinajstić information content (AvgIpc) is 3.81. The van der Waals surface area contributed by atoms with Gasteiger partial charge in [0.2, 0.25) is 0 Å². The molecule has 8 aromatic carbocycles. The normalized spacial score (nSPS) is 12.4. The van der Waals surface area contributed by atoms with Crippen LogP contribution in [0.1, 0.15) is 16.7 Å². The third-order valence-corrected chi connectivity index (χ3v) is 10.2. The Morgan fingerprint density at radius 1 is 0.481 bits per heavy atom. The van der Waals surface area contributed by atoms with Crippen molar-refractivity contribution in [2.45, 2.75) is 6.54 Å². The Morgan fingerprint density at radius 3 is 2.00 bits per heavy atom. The van der Waals surface area contributed by atoms with Crippen molar-refractivity contribution in [3.63, 3.8) is 0 Å². The van der Waals surface area contributed by atoms with Crippen LogP contribution in [-0.4, -0.2) is 11.7 Å². The van der Waals surface area contributed by atoms with E-state index in [1.165, 1.54) is 16.3 Å². The molecule has 0 fully saturated rings. The lowest BCUT2D eigenvalue weighted by Gasteiger charge is -2.10. The molecule has 0 saturated carbocycles. The van der Waals surface area contributed by atoms with E-state index in [1.54, 1.807) is 0 Å². The molecule has 0 atom stereocenters. The van der Waals surface area contributed by atoms with Crippen molar-refractivity contribution in [1.29, 1.82) is 0 Å². The molecule has 2 heterocycles. The molecule has 10 aromatic rings. The molecule has 256 valence electrons. The van der Waals surface area contributed by atoms with Crippen molar-refractivity contribution in [3.05, 3.63) is 193 Å². The molecule has 0 unspecified atom stereocenters. The number of furan rings is 2. The molecule has 5 heteroatoms. The first-order valence-corrected chi connectivity index (χ1v) is 18.1. The topological polar surface area (TPSA) is 77.0 Å². The number of aliphatic imine (C=N–C) groups is 2. The lowest BCUT2D eigenvalue weighted by atomic mass is 9.97. The van der Waals surface area contributed by atoms with Crippen LogP contribution in [0.5, 0.6) is 0 Å². The largest absolute Gasteiger partial charge is 0.456 e. The molecule has 0 saturated heterocycles. The predicted molar refractivity (Wildman–Crippen MR) is 223 cm³/mol. The molecule has 5 nitrogen and oxygen atoms in total. The van der Waals surface area contributed by atoms with Crippen LogP contribution in [0.25, 0.3) is 76.9 Å². The minimum Gasteiger partial charge on any atom is -0.456 e. The van der Waals surface area contributed by atoms with Crippen molar-refractivity contribution in [1.82, 2.24) is 0 Å². The summed E-state index contributed by atoms with van der Waals surface area (Å²) in [6.07, 6.45) is 0. The Hall–Kier alpha value is -7.24. The van der Waals surface area contributed by atoms with E-state index in [0.29, 0.717) is 18.2 Å². The maximum absolute atomic E-state index is 6.89. The van der Waals surface area contributed by atoms with E-state index >= 15 is 0 Å². The maximum Gasteiger partial charge on any atom is 0.157 e. The van der Waals surface area contributed by atoms with E-state index in [-0.39, 0.29) is 0 Å². The molecular formula is C49H33N3O2. The Morgan fingerprint density at radius 2 is 1.13 bits per heavy atom. The second-order valence-electron chi connectivity index (χ2n) is 13.5. The molecule has 54 heavy (non-hydrogen) atoms. The number of amidine groups is 2. The van der Waals surface area contributed by atoms with E-state index in [0.717, 1.165) is 77.3 Å². The molecule has 0 bridgehead atoms. The van der Waals surface area contributed by atoms with Crippen LogP contribution in [0, 0.1) is 0 Å². The van der Waals surface area contributed by atoms with E-state index < -0.39 is 0 Å². The Balaban J connectivity index is 1.06. The van der Waals surface area contributed by atoms with Crippen LogP contribution in [-0.2, 0) is 6.54 Å². The smallest absolute Gasteiger partial charge is 0.157 e. The third kappa shape index (κ3) is 5.51. The maximum atomic E-state index is 6.89. The highest BCUT2D eigenvalue weighted by Gasteiger charge is 2.15. The van der Waals surface area contributed by atoms with Gasteiger partial charge in [-0.25, -0.2) is 4.99 Å². The zero-order valence-corrected chi connectivity index (χ0v) is 29.2. The van der Waals surface area contributed by atoms with Gasteiger partial charge < -0.3 is 14.6 Å². The number of benzene rings is 8. The lowest BCUT2D eigenvalue weighted by molar-refractivity contribution is 0.663. The second kappa shape index (κ2) is 13.1. The summed E-state index contributed by atoms with van der Waals surface area (Å²) in [5.74, 6) is 0.915. The summed E-state index contributed by atoms with van der Waals surface area (Å²) >= 11 is 0. The van der Waals surface area contributed by atoms with E-state index in [1.807, 2.05) is 60.7 Å². The van der Waals surface area contributed by atoms with Crippen LogP contribution in [0.15, 0.2) is 195 Å². The molecule has 2 aromatic heterocycles. The van der Waals surface area contributed by atoms with Gasteiger partial charge in [-0.05, 0) is 57.3 Å². The molecule has 0 aliphatic rings. The molecule has 10 rings (SSSR count). The van der Waals surface area contributed by atoms with E-state index in [2.05, 4.69) is 115 Å². The zero-order valence-electron chi connectivity index (χ0n) is 29.2. The number of nitrogens with two attached hydrogens (primary N) is 1. The summed E-state index contributed by atoms with van der Waals surface area (Å²) < 4.78 is 12.5. The van der Waals surface area contributed by atoms with Gasteiger partial charge in [-0.2, -0.15) is 0 Å². The van der Waals surface area contributed by atoms with Crippen LogP contribution in [0.3, 0.4) is 0 Å². The standard InChI is InChI=1S/C49H33N3O2/c50-48(35-14-7-13-34(29-35)39-20-10-24-45-46(39)42-18-4-6-23-44(42)53-45)52-49(51-30-36-15-9-21-41-40-17-3-5-22-43(40)54-47(36)41)33-27-25-32(26-28-33)38-19-8-12-31-11-1-2-16-37(31)38/h1-29H,30H2,(H2,50,51,52). The quantitative estimate of drug-likeness (QED) is 0.139. The fourth-order valence-corrected chi connectivity index (χ4v) is 7.60. The number of fused-ring (bicyclic) bond motifs is 7. The SMILES string of the molecule is N/C(=N\C(=N/Cc1cccc2c1oc1ccccc12)c1ccc(-c2cccc3ccccc23)cc1)c1cccc(-c2cccc3oc4ccccc4c23)c1. The average molecular weight is 696 g/mol. The molecule has 0 aliphatic carbocycles. The van der Waals surface area contributed by atoms with Gasteiger partial charge in [-0.15, -0.1) is 0 Å². The zero-order chi connectivity index (χ0) is 36.0. The molecule has 0 aliphatic heterocycles. The Labute approximate surface area is 311 Å². The summed E-state index contributed by atoms with van der Waals surface area (Å²) in [4.78, 5) is 10.2. The minimum absolute atomic E-state index is 0.365. The first-order chi connectivity index (χ1) is 26.7. The van der Waals surface area contributed by atoms with Crippen molar-refractivity contribution in [2.24, 2.45) is 15.7 Å². The first kappa shape index (κ1) is 31.5. The highest BCUT2D eigenvalue weighted by Crippen LogP contribution is 2.37. The molecule has 0 amide bonds. The van der Waals surface area contributed by atoms with Crippen LogP contribution in [0.4, 0.5) is 0 Å². The molecule has 2 N–H and O–H groups in total. The molecule has 0 spiro atoms. The number of para-hydroxylation sites is 3. The van der Waals surface area contributed by atoms with Crippen molar-refractivity contribution in [3.8, 4) is 22.3 Å². The van der Waals surface area contributed by atoms with Crippen molar-refractivity contribution >= 4 is 66.3 Å². The number of nitrogens with zero attached hydrogens (tertiary/aromatic N) is 2. The summed E-state index contributed by atoms with van der Waals surface area (Å²) in [7, 11) is 0. The van der Waals surface area contributed by atoms with Gasteiger partial charge in [-0.1, -0.05) is 152 Å². The van der Waals surface area contributed by atoms with Gasteiger partial charge in [0.15, 0.2) is 5.84 Å². The monoisotopic (exact) mass is 695 g/mol. The summed E-state index contributed by atoms with van der Waals surface area (Å²) in [5.41, 5.74) is 17.3. The fourth-order valence-electron chi connectivity index (χ4n) is 7.60. The number of hydrogen-bond acceptors (Lipinski definition) is 3. The van der Waals surface area contributed by atoms with Crippen molar-refractivity contribution in [2.75, 3.05) is 0 Å². The van der Waals surface area contributed by atoms with Gasteiger partial charge >= 0.3 is 0 Å². The highest BCUT2D eigenvalue weighted by atomic mass is 16.3. The Kier molecular flexibility index (Phi) is 7.62. The lowest BCUT2D eigenvalue weighted by Crippen LogP contribution is -2.16. The Bertz CT molecular complexity index is 3090. The highest BCUT2D eigenvalue weighted by molar-refractivity contribution is 6.14. The predicted octanol–water partition coefficient (Wildman–Crippen LogP) is 12.3. The van der Waals surface area contributed by atoms with E-state index in [4.69, 9.17) is 24.6 Å². The second-order valence-corrected chi connectivity index (χ2v) is 13.5. The third-order valence-electron chi connectivity index (χ3n) is 10.2. The number of rotatable bonds is 6. The molecular weight excluding hydrogens is 663 g/mol. The first-order valence-electron chi connectivity index (χ1n) is 18.1. The van der Waals surface area contributed by atoms with Crippen LogP contribution in [0.2, 0.25) is 0 Å². The van der Waals surface area contributed by atoms with Crippen LogP contribution >= 0.6 is 0 Å². The number of hydrogen-bond donors (Lipinski definition) is 1. The van der Waals surface area contributed by atoms with Gasteiger partial charge in [0, 0.05) is 38.2 Å². The molecule has 0 radical (unpaired) electrons. The summed E-state index contributed by atoms with van der Waals surface area (Å²) in [5, 5.41) is 6.73. The van der Waals surface area contributed by atoms with Gasteiger partial charge in [0.05, 0.1) is 6.54 Å². The van der Waals surface area contributed by atoms with Gasteiger partial charge in [-0.3, -0.25) is 4.99 Å². The summed E-state index contributed by atoms with van der Waals surface area (Å²) in [6, 6.07) is 60.1. The van der Waals surface area contributed by atoms with Gasteiger partial charge in [0.25, 0.3) is 0 Å². The van der Waals surface area contributed by atoms with E-state index in [9.17, 15) is 0 Å². The van der Waals surface area contributed by atoms with Crippen LogP contribution < -0.4 is 5.73 Å². The van der Waals surface area contributed by atoms with Crippen molar-refractivity contribution < 1.29 is 8.83 Å². The fraction of sp³-hybridized carbons (Fsp3) is 0.0204. The summed E-state index contributed by atoms with van der Waals surface area (Å²) in [6.45, 7) is 0.365. The minimum atomic E-state index is 0.365. The van der Waals surface area contributed by atoms with Gasteiger partial charge in [0.1, 0.15) is 28.2 Å².